The van der Waals surface area contributed by atoms with Crippen LogP contribution in [0, 0.1) is 13.8 Å². The molecule has 0 atom stereocenters. The van der Waals surface area contributed by atoms with Gasteiger partial charge in [-0.25, -0.2) is 0 Å². The highest BCUT2D eigenvalue weighted by atomic mass is 16.2. The first-order valence-electron chi connectivity index (χ1n) is 6.18. The number of hydrogen-bond donors (Lipinski definition) is 1. The molecule has 1 aromatic heterocycles. The molecule has 0 spiro atoms. The number of carbonyl (C=O) groups is 3. The third-order valence-corrected chi connectivity index (χ3v) is 3.22. The number of aromatic nitrogens is 2. The molecule has 0 unspecified atom stereocenters. The number of hydrogen-bond acceptors (Lipinski definition) is 4. The molecule has 0 bridgehead atoms. The van der Waals surface area contributed by atoms with Crippen molar-refractivity contribution in [2.75, 3.05) is 13.1 Å². The molecule has 7 nitrogen and oxygen atoms in total. The molecule has 0 radical (unpaired) electrons. The van der Waals surface area contributed by atoms with Gasteiger partial charge >= 0.3 is 0 Å². The SMILES string of the molecule is Cc1nn(C)c(C)c1C=CC(=O)N1CC(=O)NC(=O)C1. The molecule has 1 fully saturated rings. The second kappa shape index (κ2) is 5.28. The zero-order valence-corrected chi connectivity index (χ0v) is 11.6. The van der Waals surface area contributed by atoms with E-state index < -0.39 is 11.8 Å². The highest BCUT2D eigenvalue weighted by molar-refractivity contribution is 6.04. The standard InChI is InChI=1S/C13H16N4O3/c1-8-10(9(2)16(3)15-8)4-5-13(20)17-6-11(18)14-12(19)7-17/h4-5H,6-7H2,1-3H3,(H,14,18,19). The Kier molecular flexibility index (Phi) is 3.69. The van der Waals surface area contributed by atoms with Crippen molar-refractivity contribution in [2.45, 2.75) is 13.8 Å². The van der Waals surface area contributed by atoms with Gasteiger partial charge in [0.2, 0.25) is 17.7 Å². The molecule has 0 saturated carbocycles. The first kappa shape index (κ1) is 14.0. The van der Waals surface area contributed by atoms with E-state index >= 15 is 0 Å². The van der Waals surface area contributed by atoms with Crippen LogP contribution in [0.3, 0.4) is 0 Å². The summed E-state index contributed by atoms with van der Waals surface area (Å²) < 4.78 is 1.73. The number of amides is 3. The third-order valence-electron chi connectivity index (χ3n) is 3.22. The van der Waals surface area contributed by atoms with E-state index in [1.54, 1.807) is 10.8 Å². The summed E-state index contributed by atoms with van der Waals surface area (Å²) in [5.41, 5.74) is 2.63. The van der Waals surface area contributed by atoms with Crippen molar-refractivity contribution in [3.8, 4) is 0 Å². The van der Waals surface area contributed by atoms with Crippen LogP contribution in [0.1, 0.15) is 17.0 Å². The van der Waals surface area contributed by atoms with Crippen molar-refractivity contribution in [1.29, 1.82) is 0 Å². The van der Waals surface area contributed by atoms with Gasteiger partial charge in [-0.3, -0.25) is 24.4 Å². The van der Waals surface area contributed by atoms with Crippen LogP contribution in [-0.4, -0.2) is 45.5 Å². The molecule has 7 heteroatoms. The average Bonchev–Trinajstić information content (AvgIpc) is 2.60. The van der Waals surface area contributed by atoms with Gasteiger partial charge in [0.1, 0.15) is 13.1 Å². The van der Waals surface area contributed by atoms with Gasteiger partial charge in [0.05, 0.1) is 5.69 Å². The third kappa shape index (κ3) is 2.76. The molecule has 2 heterocycles. The topological polar surface area (TPSA) is 84.3 Å². The quantitative estimate of drug-likeness (QED) is 0.585. The number of piperazine rings is 1. The number of nitrogens with one attached hydrogen (secondary N) is 1. The maximum absolute atomic E-state index is 12.0. The van der Waals surface area contributed by atoms with Crippen LogP contribution in [0.5, 0.6) is 0 Å². The van der Waals surface area contributed by atoms with E-state index in [1.807, 2.05) is 20.9 Å². The Labute approximate surface area is 116 Å². The van der Waals surface area contributed by atoms with Gasteiger partial charge in [0.25, 0.3) is 0 Å². The van der Waals surface area contributed by atoms with E-state index in [4.69, 9.17) is 0 Å². The van der Waals surface area contributed by atoms with Gasteiger partial charge in [0.15, 0.2) is 0 Å². The Morgan fingerprint density at radius 3 is 2.35 bits per heavy atom. The summed E-state index contributed by atoms with van der Waals surface area (Å²) in [5, 5.41) is 6.40. The van der Waals surface area contributed by atoms with Crippen LogP contribution in [0.15, 0.2) is 6.08 Å². The van der Waals surface area contributed by atoms with Crippen molar-refractivity contribution >= 4 is 23.8 Å². The fourth-order valence-corrected chi connectivity index (χ4v) is 2.08. The van der Waals surface area contributed by atoms with Gasteiger partial charge in [-0.15, -0.1) is 0 Å². The molecule has 1 saturated heterocycles. The zero-order valence-electron chi connectivity index (χ0n) is 11.6. The molecule has 0 aromatic carbocycles. The summed E-state index contributed by atoms with van der Waals surface area (Å²) in [6, 6.07) is 0. The van der Waals surface area contributed by atoms with E-state index in [0.717, 1.165) is 17.0 Å². The Bertz CT molecular complexity index is 599. The smallest absolute Gasteiger partial charge is 0.247 e. The van der Waals surface area contributed by atoms with Gasteiger partial charge in [0, 0.05) is 24.4 Å². The Hall–Kier alpha value is -2.44. The molecule has 1 aliphatic heterocycles. The predicted molar refractivity (Wildman–Crippen MR) is 71.4 cm³/mol. The zero-order chi connectivity index (χ0) is 14.9. The lowest BCUT2D eigenvalue weighted by atomic mass is 10.2. The molecule has 1 N–H and O–H groups in total. The van der Waals surface area contributed by atoms with Crippen LogP contribution in [-0.2, 0) is 21.4 Å². The van der Waals surface area contributed by atoms with Gasteiger partial charge in [-0.2, -0.15) is 5.10 Å². The normalized spacial score (nSPS) is 15.8. The summed E-state index contributed by atoms with van der Waals surface area (Å²) >= 11 is 0. The van der Waals surface area contributed by atoms with Crippen molar-refractivity contribution in [3.05, 3.63) is 23.0 Å². The second-order valence-corrected chi connectivity index (χ2v) is 4.71. The molecule has 2 rings (SSSR count). The van der Waals surface area contributed by atoms with E-state index in [9.17, 15) is 14.4 Å². The van der Waals surface area contributed by atoms with Crippen LogP contribution < -0.4 is 5.32 Å². The number of carbonyl (C=O) groups excluding carboxylic acids is 3. The maximum Gasteiger partial charge on any atom is 0.247 e. The number of nitrogens with zero attached hydrogens (tertiary/aromatic N) is 3. The lowest BCUT2D eigenvalue weighted by Gasteiger charge is -2.24. The lowest BCUT2D eigenvalue weighted by Crippen LogP contribution is -2.52. The second-order valence-electron chi connectivity index (χ2n) is 4.71. The minimum Gasteiger partial charge on any atom is -0.321 e. The summed E-state index contributed by atoms with van der Waals surface area (Å²) in [5.74, 6) is -1.29. The van der Waals surface area contributed by atoms with Crippen molar-refractivity contribution in [3.63, 3.8) is 0 Å². The molecular weight excluding hydrogens is 260 g/mol. The Morgan fingerprint density at radius 1 is 1.25 bits per heavy atom. The maximum atomic E-state index is 12.0. The minimum absolute atomic E-state index is 0.0973. The monoisotopic (exact) mass is 276 g/mol. The number of rotatable bonds is 2. The van der Waals surface area contributed by atoms with E-state index in [-0.39, 0.29) is 19.0 Å². The summed E-state index contributed by atoms with van der Waals surface area (Å²) in [4.78, 5) is 35.6. The summed E-state index contributed by atoms with van der Waals surface area (Å²) in [7, 11) is 1.83. The molecule has 1 aromatic rings. The molecule has 20 heavy (non-hydrogen) atoms. The van der Waals surface area contributed by atoms with Crippen LogP contribution in [0.4, 0.5) is 0 Å². The summed E-state index contributed by atoms with van der Waals surface area (Å²) in [6.45, 7) is 3.57. The Morgan fingerprint density at radius 2 is 1.85 bits per heavy atom. The van der Waals surface area contributed by atoms with E-state index in [2.05, 4.69) is 10.4 Å². The van der Waals surface area contributed by atoms with Crippen LogP contribution >= 0.6 is 0 Å². The molecular formula is C13H16N4O3. The van der Waals surface area contributed by atoms with E-state index in [1.165, 1.54) is 11.0 Å². The van der Waals surface area contributed by atoms with Crippen molar-refractivity contribution in [2.24, 2.45) is 7.05 Å². The highest BCUT2D eigenvalue weighted by Gasteiger charge is 2.24. The van der Waals surface area contributed by atoms with Gasteiger partial charge in [-0.05, 0) is 19.9 Å². The highest BCUT2D eigenvalue weighted by Crippen LogP contribution is 2.13. The molecule has 3 amide bonds. The fraction of sp³-hybridized carbons (Fsp3) is 0.385. The van der Waals surface area contributed by atoms with Crippen molar-refractivity contribution in [1.82, 2.24) is 20.0 Å². The number of imide groups is 1. The fourth-order valence-electron chi connectivity index (χ4n) is 2.08. The van der Waals surface area contributed by atoms with E-state index in [0.29, 0.717) is 0 Å². The average molecular weight is 276 g/mol. The predicted octanol–water partition coefficient (Wildman–Crippen LogP) is -0.465. The first-order chi connectivity index (χ1) is 9.38. The number of aryl methyl sites for hydroxylation is 2. The molecule has 0 aliphatic carbocycles. The van der Waals surface area contributed by atoms with Gasteiger partial charge in [-0.1, -0.05) is 0 Å². The van der Waals surface area contributed by atoms with Crippen molar-refractivity contribution < 1.29 is 14.4 Å². The van der Waals surface area contributed by atoms with Crippen LogP contribution in [0.2, 0.25) is 0 Å². The van der Waals surface area contributed by atoms with Crippen LogP contribution in [0.25, 0.3) is 6.08 Å². The molecule has 106 valence electrons. The first-order valence-corrected chi connectivity index (χ1v) is 6.18. The minimum atomic E-state index is -0.461. The Balaban J connectivity index is 2.13. The lowest BCUT2D eigenvalue weighted by molar-refractivity contribution is -0.143. The van der Waals surface area contributed by atoms with Gasteiger partial charge < -0.3 is 4.90 Å². The molecule has 1 aliphatic rings. The summed E-state index contributed by atoms with van der Waals surface area (Å²) in [6.07, 6.45) is 3.03. The largest absolute Gasteiger partial charge is 0.321 e.